The number of carbonyl (C=O) groups excluding carboxylic acids is 2. The van der Waals surface area contributed by atoms with Gasteiger partial charge in [0.2, 0.25) is 0 Å². The molecule has 104 valence electrons. The molecule has 1 saturated heterocycles. The van der Waals surface area contributed by atoms with Gasteiger partial charge in [-0.05, 0) is 20.8 Å². The Morgan fingerprint density at radius 2 is 2.06 bits per heavy atom. The minimum Gasteiger partial charge on any atom is -0.468 e. The van der Waals surface area contributed by atoms with Crippen molar-refractivity contribution in [3.05, 3.63) is 0 Å². The van der Waals surface area contributed by atoms with Crippen LogP contribution in [0.3, 0.4) is 0 Å². The Morgan fingerprint density at radius 1 is 1.44 bits per heavy atom. The van der Waals surface area contributed by atoms with Crippen molar-refractivity contribution < 1.29 is 19.1 Å². The van der Waals surface area contributed by atoms with Crippen LogP contribution in [0.2, 0.25) is 0 Å². The number of thioether (sulfide) groups is 1. The predicted octanol–water partition coefficient (Wildman–Crippen LogP) is -0.140. The van der Waals surface area contributed by atoms with Crippen LogP contribution in [0.4, 0.5) is 0 Å². The highest BCUT2D eigenvalue weighted by Gasteiger charge is 2.37. The molecule has 3 atom stereocenters. The van der Waals surface area contributed by atoms with Crippen LogP contribution in [0.5, 0.6) is 0 Å². The Balaban J connectivity index is 2.52. The second-order valence-corrected chi connectivity index (χ2v) is 6.23. The van der Waals surface area contributed by atoms with Crippen molar-refractivity contribution >= 4 is 23.7 Å². The van der Waals surface area contributed by atoms with Crippen LogP contribution >= 0.6 is 11.8 Å². The lowest BCUT2D eigenvalue weighted by molar-refractivity contribution is -0.156. The number of carbonyl (C=O) groups is 2. The molecule has 0 spiro atoms. The quantitative estimate of drug-likeness (QED) is 0.693. The van der Waals surface area contributed by atoms with Gasteiger partial charge in [-0.2, -0.15) is 0 Å². The smallest absolute Gasteiger partial charge is 0.325 e. The van der Waals surface area contributed by atoms with Crippen LogP contribution in [-0.4, -0.2) is 47.9 Å². The topological polar surface area (TPSA) is 90.7 Å². The Morgan fingerprint density at radius 3 is 2.56 bits per heavy atom. The first-order chi connectivity index (χ1) is 8.24. The molecule has 0 bridgehead atoms. The minimum atomic E-state index is -0.802. The number of nitrogens with one attached hydrogen (secondary N) is 1. The molecule has 1 aliphatic rings. The van der Waals surface area contributed by atoms with E-state index >= 15 is 0 Å². The van der Waals surface area contributed by atoms with E-state index in [9.17, 15) is 9.59 Å². The molecule has 1 heterocycles. The third kappa shape index (κ3) is 4.15. The maximum Gasteiger partial charge on any atom is 0.325 e. The summed E-state index contributed by atoms with van der Waals surface area (Å²) in [5.41, 5.74) is 5.25. The van der Waals surface area contributed by atoms with E-state index < -0.39 is 23.7 Å². The SMILES string of the molecule is COC(=O)C1CSC(C(N)C(=O)OC(C)(C)C)N1. The molecule has 3 N–H and O–H groups in total. The summed E-state index contributed by atoms with van der Waals surface area (Å²) in [5.74, 6) is -0.284. The summed E-state index contributed by atoms with van der Waals surface area (Å²) in [6, 6.07) is -1.22. The average molecular weight is 276 g/mol. The van der Waals surface area contributed by atoms with Gasteiger partial charge in [-0.15, -0.1) is 11.8 Å². The van der Waals surface area contributed by atoms with Crippen molar-refractivity contribution in [1.82, 2.24) is 5.32 Å². The second kappa shape index (κ2) is 5.90. The van der Waals surface area contributed by atoms with Crippen molar-refractivity contribution in [3.8, 4) is 0 Å². The average Bonchev–Trinajstić information content (AvgIpc) is 2.73. The molecule has 1 aliphatic heterocycles. The van der Waals surface area contributed by atoms with Gasteiger partial charge in [0, 0.05) is 5.75 Å². The van der Waals surface area contributed by atoms with Gasteiger partial charge in [0.25, 0.3) is 0 Å². The summed E-state index contributed by atoms with van der Waals surface area (Å²) >= 11 is 1.42. The zero-order valence-corrected chi connectivity index (χ0v) is 11.9. The van der Waals surface area contributed by atoms with Crippen LogP contribution in [0.1, 0.15) is 20.8 Å². The highest BCUT2D eigenvalue weighted by atomic mass is 32.2. The van der Waals surface area contributed by atoms with Gasteiger partial charge < -0.3 is 15.2 Å². The molecule has 0 saturated carbocycles. The van der Waals surface area contributed by atoms with Crippen LogP contribution in [0.15, 0.2) is 0 Å². The van der Waals surface area contributed by atoms with E-state index in [0.29, 0.717) is 5.75 Å². The summed E-state index contributed by atoms with van der Waals surface area (Å²) in [7, 11) is 1.33. The van der Waals surface area contributed by atoms with Crippen molar-refractivity contribution in [2.45, 2.75) is 43.8 Å². The number of hydrogen-bond donors (Lipinski definition) is 2. The lowest BCUT2D eigenvalue weighted by Gasteiger charge is -2.24. The molecule has 0 aromatic carbocycles. The number of hydrogen-bond acceptors (Lipinski definition) is 7. The third-order valence-electron chi connectivity index (χ3n) is 2.30. The van der Waals surface area contributed by atoms with Crippen molar-refractivity contribution in [1.29, 1.82) is 0 Å². The standard InChI is InChI=1S/C11H20N2O4S/c1-11(2,3)17-10(15)7(12)8-13-6(5-18-8)9(14)16-4/h6-8,13H,5,12H2,1-4H3. The fraction of sp³-hybridized carbons (Fsp3) is 0.818. The minimum absolute atomic E-state index is 0.330. The first-order valence-electron chi connectivity index (χ1n) is 5.68. The fourth-order valence-corrected chi connectivity index (χ4v) is 2.68. The molecule has 18 heavy (non-hydrogen) atoms. The van der Waals surface area contributed by atoms with Crippen molar-refractivity contribution in [3.63, 3.8) is 0 Å². The van der Waals surface area contributed by atoms with Gasteiger partial charge in [0.15, 0.2) is 0 Å². The molecule has 3 unspecified atom stereocenters. The zero-order chi connectivity index (χ0) is 13.9. The Labute approximate surface area is 111 Å². The number of rotatable bonds is 3. The van der Waals surface area contributed by atoms with E-state index in [-0.39, 0.29) is 11.3 Å². The van der Waals surface area contributed by atoms with E-state index in [1.807, 2.05) is 0 Å². The van der Waals surface area contributed by atoms with Crippen LogP contribution in [-0.2, 0) is 19.1 Å². The molecule has 6 nitrogen and oxygen atoms in total. The Hall–Kier alpha value is -0.790. The third-order valence-corrected chi connectivity index (χ3v) is 3.61. The molecule has 0 amide bonds. The summed E-state index contributed by atoms with van der Waals surface area (Å²) in [6.07, 6.45) is 0. The van der Waals surface area contributed by atoms with Crippen LogP contribution in [0, 0.1) is 0 Å². The monoisotopic (exact) mass is 276 g/mol. The van der Waals surface area contributed by atoms with Gasteiger partial charge in [0.1, 0.15) is 17.7 Å². The van der Waals surface area contributed by atoms with E-state index in [2.05, 4.69) is 10.1 Å². The largest absolute Gasteiger partial charge is 0.468 e. The van der Waals surface area contributed by atoms with Gasteiger partial charge in [0.05, 0.1) is 12.5 Å². The lowest BCUT2D eigenvalue weighted by Crippen LogP contribution is -2.50. The van der Waals surface area contributed by atoms with Gasteiger partial charge in [-0.25, -0.2) is 0 Å². The summed E-state index contributed by atoms with van der Waals surface area (Å²) < 4.78 is 9.83. The number of ether oxygens (including phenoxy) is 2. The maximum atomic E-state index is 11.8. The molecule has 1 rings (SSSR count). The Kier molecular flexibility index (Phi) is 5.01. The number of methoxy groups -OCH3 is 1. The van der Waals surface area contributed by atoms with E-state index in [4.69, 9.17) is 10.5 Å². The summed E-state index contributed by atoms with van der Waals surface area (Å²) in [5, 5.41) is 2.64. The summed E-state index contributed by atoms with van der Waals surface area (Å²) in [6.45, 7) is 5.35. The number of esters is 2. The molecular formula is C11H20N2O4S. The first-order valence-corrected chi connectivity index (χ1v) is 6.73. The molecule has 0 aromatic heterocycles. The normalized spacial score (nSPS) is 25.6. The van der Waals surface area contributed by atoms with E-state index in [0.717, 1.165) is 0 Å². The first kappa shape index (κ1) is 15.3. The lowest BCUT2D eigenvalue weighted by atomic mass is 10.2. The highest BCUT2D eigenvalue weighted by Crippen LogP contribution is 2.22. The fourth-order valence-electron chi connectivity index (χ4n) is 1.47. The predicted molar refractivity (Wildman–Crippen MR) is 69.0 cm³/mol. The van der Waals surface area contributed by atoms with Gasteiger partial charge >= 0.3 is 11.9 Å². The molecular weight excluding hydrogens is 256 g/mol. The zero-order valence-electron chi connectivity index (χ0n) is 11.1. The van der Waals surface area contributed by atoms with Crippen LogP contribution in [0.25, 0.3) is 0 Å². The Bertz CT molecular complexity index is 329. The second-order valence-electron chi connectivity index (χ2n) is 5.06. The van der Waals surface area contributed by atoms with E-state index in [1.165, 1.54) is 18.9 Å². The molecule has 0 aliphatic carbocycles. The molecule has 0 aromatic rings. The summed E-state index contributed by atoms with van der Waals surface area (Å²) in [4.78, 5) is 23.1. The van der Waals surface area contributed by atoms with Crippen LogP contribution < -0.4 is 11.1 Å². The highest BCUT2D eigenvalue weighted by molar-refractivity contribution is 8.00. The molecule has 0 radical (unpaired) electrons. The van der Waals surface area contributed by atoms with Crippen molar-refractivity contribution in [2.75, 3.05) is 12.9 Å². The van der Waals surface area contributed by atoms with E-state index in [1.54, 1.807) is 20.8 Å². The van der Waals surface area contributed by atoms with Gasteiger partial charge in [-0.3, -0.25) is 14.9 Å². The molecule has 1 fully saturated rings. The number of nitrogens with two attached hydrogens (primary N) is 1. The van der Waals surface area contributed by atoms with Gasteiger partial charge in [-0.1, -0.05) is 0 Å². The van der Waals surface area contributed by atoms with Crippen molar-refractivity contribution in [2.24, 2.45) is 5.73 Å². The maximum absolute atomic E-state index is 11.8. The molecule has 7 heteroatoms.